The average Bonchev–Trinajstić information content (AvgIpc) is 2.38. The lowest BCUT2D eigenvalue weighted by Gasteiger charge is -2.09. The highest BCUT2D eigenvalue weighted by atomic mass is 35.5. The van der Waals surface area contributed by atoms with E-state index in [2.05, 4.69) is 5.32 Å². The molecule has 0 radical (unpaired) electrons. The van der Waals surface area contributed by atoms with Gasteiger partial charge in [-0.3, -0.25) is 4.79 Å². The van der Waals surface area contributed by atoms with Gasteiger partial charge >= 0.3 is 5.97 Å². The maximum absolute atomic E-state index is 13.6. The van der Waals surface area contributed by atoms with Gasteiger partial charge in [-0.2, -0.15) is 0 Å². The van der Waals surface area contributed by atoms with Crippen LogP contribution in [0.25, 0.3) is 0 Å². The summed E-state index contributed by atoms with van der Waals surface area (Å²) in [7, 11) is 0. The second-order valence-corrected chi connectivity index (χ2v) is 4.31. The van der Waals surface area contributed by atoms with E-state index in [1.807, 2.05) is 0 Å². The van der Waals surface area contributed by atoms with Crippen molar-refractivity contribution in [2.75, 3.05) is 5.32 Å². The number of carboxylic acids is 1. The number of nitrogens with one attached hydrogen (secondary N) is 1. The van der Waals surface area contributed by atoms with Gasteiger partial charge in [-0.25, -0.2) is 9.18 Å². The van der Waals surface area contributed by atoms with E-state index in [1.54, 1.807) is 6.07 Å². The molecule has 0 aliphatic rings. The van der Waals surface area contributed by atoms with Gasteiger partial charge in [-0.05, 0) is 24.3 Å². The summed E-state index contributed by atoms with van der Waals surface area (Å²) < 4.78 is 13.6. The van der Waals surface area contributed by atoms with Gasteiger partial charge in [0.05, 0.1) is 21.8 Å². The number of anilines is 1. The zero-order chi connectivity index (χ0) is 14.7. The van der Waals surface area contributed by atoms with Gasteiger partial charge in [0, 0.05) is 0 Å². The molecule has 20 heavy (non-hydrogen) atoms. The fourth-order valence-electron chi connectivity index (χ4n) is 1.68. The molecule has 1 amide bonds. The molecule has 0 aromatic heterocycles. The summed E-state index contributed by atoms with van der Waals surface area (Å²) in [6.45, 7) is 0. The molecule has 102 valence electrons. The van der Waals surface area contributed by atoms with Gasteiger partial charge in [-0.15, -0.1) is 0 Å². The second kappa shape index (κ2) is 5.71. The number of benzene rings is 2. The number of para-hydroxylation sites is 1. The topological polar surface area (TPSA) is 66.4 Å². The van der Waals surface area contributed by atoms with E-state index in [-0.39, 0.29) is 21.8 Å². The van der Waals surface area contributed by atoms with Crippen LogP contribution >= 0.6 is 11.6 Å². The van der Waals surface area contributed by atoms with Crippen molar-refractivity contribution in [3.8, 4) is 0 Å². The van der Waals surface area contributed by atoms with Gasteiger partial charge in [0.15, 0.2) is 0 Å². The number of rotatable bonds is 3. The molecule has 0 spiro atoms. The third-order valence-electron chi connectivity index (χ3n) is 2.60. The Balaban J connectivity index is 2.36. The van der Waals surface area contributed by atoms with Crippen molar-refractivity contribution in [2.45, 2.75) is 0 Å². The van der Waals surface area contributed by atoms with E-state index in [9.17, 15) is 14.0 Å². The predicted octanol–water partition coefficient (Wildman–Crippen LogP) is 3.43. The van der Waals surface area contributed by atoms with E-state index in [0.29, 0.717) is 0 Å². The molecule has 6 heteroatoms. The molecule has 0 fully saturated rings. The monoisotopic (exact) mass is 293 g/mol. The Kier molecular flexibility index (Phi) is 4.00. The molecule has 0 saturated carbocycles. The third kappa shape index (κ3) is 2.78. The number of carbonyl (C=O) groups is 2. The van der Waals surface area contributed by atoms with Crippen LogP contribution in [0.15, 0.2) is 42.5 Å². The van der Waals surface area contributed by atoms with Crippen LogP contribution in [0.2, 0.25) is 5.02 Å². The van der Waals surface area contributed by atoms with E-state index in [1.165, 1.54) is 30.3 Å². The number of hydrogen-bond acceptors (Lipinski definition) is 2. The van der Waals surface area contributed by atoms with Crippen molar-refractivity contribution in [3.63, 3.8) is 0 Å². The minimum absolute atomic E-state index is 0.0460. The average molecular weight is 294 g/mol. The molecular formula is C14H9ClFNO3. The standard InChI is InChI=1S/C14H9ClFNO3/c15-9-5-3-6-10(16)12(9)13(18)17-11-7-2-1-4-8(11)14(19)20/h1-7H,(H,17,18)(H,19,20). The molecule has 0 aliphatic heterocycles. The lowest BCUT2D eigenvalue weighted by Crippen LogP contribution is -2.16. The number of carboxylic acid groups (broad SMARTS) is 1. The summed E-state index contributed by atoms with van der Waals surface area (Å²) in [6, 6.07) is 9.68. The summed E-state index contributed by atoms with van der Waals surface area (Å²) in [5, 5.41) is 11.3. The first-order chi connectivity index (χ1) is 9.50. The smallest absolute Gasteiger partial charge is 0.337 e. The van der Waals surface area contributed by atoms with E-state index in [4.69, 9.17) is 16.7 Å². The van der Waals surface area contributed by atoms with E-state index >= 15 is 0 Å². The summed E-state index contributed by atoms with van der Waals surface area (Å²) in [5.41, 5.74) is -0.341. The highest BCUT2D eigenvalue weighted by Gasteiger charge is 2.18. The van der Waals surface area contributed by atoms with Crippen molar-refractivity contribution >= 4 is 29.2 Å². The number of carbonyl (C=O) groups excluding carboxylic acids is 1. The third-order valence-corrected chi connectivity index (χ3v) is 2.91. The van der Waals surface area contributed by atoms with Crippen molar-refractivity contribution in [1.82, 2.24) is 0 Å². The Morgan fingerprint density at radius 2 is 1.80 bits per heavy atom. The Bertz CT molecular complexity index is 668. The maximum atomic E-state index is 13.6. The minimum atomic E-state index is -1.19. The van der Waals surface area contributed by atoms with Crippen LogP contribution in [0, 0.1) is 5.82 Å². The lowest BCUT2D eigenvalue weighted by molar-refractivity contribution is 0.0698. The first-order valence-corrected chi connectivity index (χ1v) is 5.96. The summed E-state index contributed by atoms with van der Waals surface area (Å²) in [6.07, 6.45) is 0. The molecule has 0 bridgehead atoms. The summed E-state index contributed by atoms with van der Waals surface area (Å²) in [4.78, 5) is 23.0. The Labute approximate surface area is 118 Å². The van der Waals surface area contributed by atoms with E-state index in [0.717, 1.165) is 6.07 Å². The maximum Gasteiger partial charge on any atom is 0.337 e. The van der Waals surface area contributed by atoms with Gasteiger partial charge in [0.25, 0.3) is 5.91 Å². The van der Waals surface area contributed by atoms with Crippen LogP contribution in [0.5, 0.6) is 0 Å². The Morgan fingerprint density at radius 3 is 2.45 bits per heavy atom. The van der Waals surface area contributed by atoms with Crippen molar-refractivity contribution < 1.29 is 19.1 Å². The fourth-order valence-corrected chi connectivity index (χ4v) is 1.93. The molecule has 2 N–H and O–H groups in total. The normalized spacial score (nSPS) is 10.1. The molecule has 0 saturated heterocycles. The van der Waals surface area contributed by atoms with Crippen LogP contribution in [0.3, 0.4) is 0 Å². The molecule has 2 rings (SSSR count). The molecule has 0 aliphatic carbocycles. The van der Waals surface area contributed by atoms with Crippen LogP contribution < -0.4 is 5.32 Å². The molecule has 4 nitrogen and oxygen atoms in total. The quantitative estimate of drug-likeness (QED) is 0.911. The van der Waals surface area contributed by atoms with Gasteiger partial charge < -0.3 is 10.4 Å². The van der Waals surface area contributed by atoms with Crippen LogP contribution in [0.1, 0.15) is 20.7 Å². The first-order valence-electron chi connectivity index (χ1n) is 5.58. The van der Waals surface area contributed by atoms with Crippen LogP contribution in [-0.2, 0) is 0 Å². The van der Waals surface area contributed by atoms with Gasteiger partial charge in [0.1, 0.15) is 5.82 Å². The van der Waals surface area contributed by atoms with Crippen LogP contribution in [-0.4, -0.2) is 17.0 Å². The Hall–Kier alpha value is -2.40. The number of hydrogen-bond donors (Lipinski definition) is 2. The SMILES string of the molecule is O=C(O)c1ccccc1NC(=O)c1c(F)cccc1Cl. The van der Waals surface area contributed by atoms with Crippen molar-refractivity contribution in [1.29, 1.82) is 0 Å². The second-order valence-electron chi connectivity index (χ2n) is 3.90. The zero-order valence-electron chi connectivity index (χ0n) is 10.1. The number of halogens is 2. The number of amides is 1. The highest BCUT2D eigenvalue weighted by Crippen LogP contribution is 2.22. The summed E-state index contributed by atoms with van der Waals surface area (Å²) >= 11 is 5.78. The molecule has 0 unspecified atom stereocenters. The van der Waals surface area contributed by atoms with Gasteiger partial charge in [-0.1, -0.05) is 29.8 Å². The molecular weight excluding hydrogens is 285 g/mol. The molecule has 0 atom stereocenters. The van der Waals surface area contributed by atoms with Crippen molar-refractivity contribution in [2.24, 2.45) is 0 Å². The molecule has 0 heterocycles. The van der Waals surface area contributed by atoms with Gasteiger partial charge in [0.2, 0.25) is 0 Å². The molecule has 2 aromatic carbocycles. The van der Waals surface area contributed by atoms with Crippen LogP contribution in [0.4, 0.5) is 10.1 Å². The zero-order valence-corrected chi connectivity index (χ0v) is 10.8. The fraction of sp³-hybridized carbons (Fsp3) is 0. The highest BCUT2D eigenvalue weighted by molar-refractivity contribution is 6.34. The van der Waals surface area contributed by atoms with Crippen molar-refractivity contribution in [3.05, 3.63) is 64.4 Å². The lowest BCUT2D eigenvalue weighted by atomic mass is 10.1. The minimum Gasteiger partial charge on any atom is -0.478 e. The first kappa shape index (κ1) is 14.0. The summed E-state index contributed by atoms with van der Waals surface area (Å²) in [5.74, 6) is -2.77. The largest absolute Gasteiger partial charge is 0.478 e. The molecule has 2 aromatic rings. The Morgan fingerprint density at radius 1 is 1.10 bits per heavy atom. The predicted molar refractivity (Wildman–Crippen MR) is 72.8 cm³/mol. The van der Waals surface area contributed by atoms with E-state index < -0.39 is 17.7 Å². The number of aromatic carboxylic acids is 1.